The van der Waals surface area contributed by atoms with Gasteiger partial charge in [-0.15, -0.1) is 11.3 Å². The van der Waals surface area contributed by atoms with Crippen LogP contribution in [0.5, 0.6) is 0 Å². The highest BCUT2D eigenvalue weighted by atomic mass is 35.5. The average Bonchev–Trinajstić information content (AvgIpc) is 3.37. The van der Waals surface area contributed by atoms with Crippen molar-refractivity contribution in [3.63, 3.8) is 0 Å². The highest BCUT2D eigenvalue weighted by molar-refractivity contribution is 7.21. The molecule has 0 saturated heterocycles. The summed E-state index contributed by atoms with van der Waals surface area (Å²) in [4.78, 5) is 28.0. The molecule has 0 bridgehead atoms. The van der Waals surface area contributed by atoms with Gasteiger partial charge in [-0.2, -0.15) is 0 Å². The summed E-state index contributed by atoms with van der Waals surface area (Å²) in [6, 6.07) is 3.96. The van der Waals surface area contributed by atoms with Gasteiger partial charge in [0.15, 0.2) is 0 Å². The second-order valence-corrected chi connectivity index (χ2v) is 7.36. The molecule has 7 nitrogen and oxygen atoms in total. The summed E-state index contributed by atoms with van der Waals surface area (Å²) in [5.41, 5.74) is 13.3. The van der Waals surface area contributed by atoms with Crippen LogP contribution in [-0.2, 0) is 0 Å². The highest BCUT2D eigenvalue weighted by Crippen LogP contribution is 2.40. The van der Waals surface area contributed by atoms with E-state index in [0.29, 0.717) is 38.7 Å². The summed E-state index contributed by atoms with van der Waals surface area (Å²) in [5.74, 6) is 0.0199. The first-order valence-electron chi connectivity index (χ1n) is 7.70. The predicted molar refractivity (Wildman–Crippen MR) is 100 cm³/mol. The van der Waals surface area contributed by atoms with Gasteiger partial charge in [0.25, 0.3) is 5.91 Å². The Bertz CT molecular complexity index is 1000. The number of carbonyl (C=O) groups excluding carboxylic acids is 1. The maximum atomic E-state index is 11.7. The summed E-state index contributed by atoms with van der Waals surface area (Å²) in [6.45, 7) is 0. The zero-order valence-corrected chi connectivity index (χ0v) is 14.9. The van der Waals surface area contributed by atoms with E-state index in [0.717, 1.165) is 18.4 Å². The Morgan fingerprint density at radius 2 is 2.16 bits per heavy atom. The number of anilines is 2. The minimum absolute atomic E-state index is 0.289. The molecule has 0 aromatic carbocycles. The third-order valence-electron chi connectivity index (χ3n) is 4.21. The maximum Gasteiger partial charge on any atom is 0.260 e. The number of rotatable bonds is 4. The molecule has 128 valence electrons. The quantitative estimate of drug-likeness (QED) is 0.679. The van der Waals surface area contributed by atoms with Crippen LogP contribution < -0.4 is 16.4 Å². The number of nitrogens with two attached hydrogens (primary N) is 2. The fourth-order valence-electron chi connectivity index (χ4n) is 2.74. The van der Waals surface area contributed by atoms with Gasteiger partial charge < -0.3 is 16.4 Å². The third-order valence-corrected chi connectivity index (χ3v) is 5.53. The van der Waals surface area contributed by atoms with Crippen LogP contribution in [0.15, 0.2) is 18.3 Å². The van der Waals surface area contributed by atoms with Gasteiger partial charge in [0.1, 0.15) is 14.9 Å². The first-order chi connectivity index (χ1) is 12.0. The smallest absolute Gasteiger partial charge is 0.260 e. The van der Waals surface area contributed by atoms with Crippen LogP contribution in [0.4, 0.5) is 11.6 Å². The van der Waals surface area contributed by atoms with Gasteiger partial charge in [0.05, 0.1) is 16.8 Å². The van der Waals surface area contributed by atoms with Gasteiger partial charge in [-0.25, -0.2) is 15.0 Å². The van der Waals surface area contributed by atoms with E-state index in [1.807, 2.05) is 11.9 Å². The molecule has 1 fully saturated rings. The Balaban J connectivity index is 2.01. The second-order valence-electron chi connectivity index (χ2n) is 5.97. The third kappa shape index (κ3) is 2.77. The van der Waals surface area contributed by atoms with E-state index < -0.39 is 5.91 Å². The molecule has 0 unspecified atom stereocenters. The van der Waals surface area contributed by atoms with Gasteiger partial charge in [-0.05, 0) is 25.0 Å². The molecule has 0 radical (unpaired) electrons. The Hall–Kier alpha value is -2.45. The first-order valence-corrected chi connectivity index (χ1v) is 8.89. The molecule has 4 N–H and O–H groups in total. The molecule has 9 heteroatoms. The van der Waals surface area contributed by atoms with Gasteiger partial charge in [0.2, 0.25) is 5.95 Å². The monoisotopic (exact) mass is 374 g/mol. The van der Waals surface area contributed by atoms with Crippen molar-refractivity contribution in [1.29, 1.82) is 0 Å². The number of nitrogen functional groups attached to an aromatic ring is 1. The topological polar surface area (TPSA) is 111 Å². The predicted octanol–water partition coefficient (Wildman–Crippen LogP) is 2.69. The van der Waals surface area contributed by atoms with Crippen molar-refractivity contribution >= 4 is 50.7 Å². The zero-order valence-electron chi connectivity index (χ0n) is 13.4. The molecule has 1 saturated carbocycles. The van der Waals surface area contributed by atoms with Crippen molar-refractivity contribution in [1.82, 2.24) is 15.0 Å². The van der Waals surface area contributed by atoms with Crippen LogP contribution in [0.1, 0.15) is 22.5 Å². The molecule has 0 spiro atoms. The van der Waals surface area contributed by atoms with Gasteiger partial charge >= 0.3 is 0 Å². The van der Waals surface area contributed by atoms with E-state index in [1.165, 1.54) is 11.3 Å². The zero-order chi connectivity index (χ0) is 17.7. The molecule has 4 rings (SSSR count). The van der Waals surface area contributed by atoms with E-state index in [2.05, 4.69) is 9.97 Å². The molecule has 0 atom stereocenters. The number of halogens is 1. The number of thiophene rings is 1. The fourth-order valence-corrected chi connectivity index (χ4v) is 3.85. The lowest BCUT2D eigenvalue weighted by Crippen LogP contribution is -2.22. The van der Waals surface area contributed by atoms with Gasteiger partial charge in [0, 0.05) is 24.8 Å². The van der Waals surface area contributed by atoms with E-state index in [4.69, 9.17) is 28.1 Å². The first kappa shape index (κ1) is 16.0. The number of pyridine rings is 1. The fraction of sp³-hybridized carbons (Fsp3) is 0.250. The average molecular weight is 375 g/mol. The Labute approximate surface area is 152 Å². The van der Waals surface area contributed by atoms with Crippen molar-refractivity contribution < 1.29 is 4.79 Å². The SMILES string of the molecule is CN(c1nc(-c2ccnc(Cl)c2)c2c(N)c(C(N)=O)sc2n1)C1CC1. The van der Waals surface area contributed by atoms with Crippen LogP contribution in [0.2, 0.25) is 5.15 Å². The molecular formula is C16H15ClN6OS. The van der Waals surface area contributed by atoms with Crippen LogP contribution in [0.3, 0.4) is 0 Å². The second kappa shape index (κ2) is 5.82. The number of hydrogen-bond acceptors (Lipinski definition) is 7. The van der Waals surface area contributed by atoms with Crippen LogP contribution in [0, 0.1) is 0 Å². The van der Waals surface area contributed by atoms with Crippen molar-refractivity contribution in [2.24, 2.45) is 5.73 Å². The molecule has 1 amide bonds. The molecule has 0 aliphatic heterocycles. The molecule has 3 heterocycles. The van der Waals surface area contributed by atoms with Crippen molar-refractivity contribution in [3.8, 4) is 11.3 Å². The maximum absolute atomic E-state index is 11.7. The normalized spacial score (nSPS) is 14.0. The number of primary amides is 1. The summed E-state index contributed by atoms with van der Waals surface area (Å²) < 4.78 is 0. The molecular weight excluding hydrogens is 360 g/mol. The molecule has 1 aliphatic carbocycles. The lowest BCUT2D eigenvalue weighted by molar-refractivity contribution is 0.100. The molecule has 3 aromatic heterocycles. The Morgan fingerprint density at radius 1 is 1.40 bits per heavy atom. The molecule has 3 aromatic rings. The Kier molecular flexibility index (Phi) is 3.73. The molecule has 1 aliphatic rings. The number of hydrogen-bond donors (Lipinski definition) is 2. The number of aromatic nitrogens is 3. The summed E-state index contributed by atoms with van der Waals surface area (Å²) in [7, 11) is 1.97. The van der Waals surface area contributed by atoms with Crippen LogP contribution in [0.25, 0.3) is 21.5 Å². The van der Waals surface area contributed by atoms with Crippen LogP contribution >= 0.6 is 22.9 Å². The van der Waals surface area contributed by atoms with E-state index in [9.17, 15) is 4.79 Å². The number of fused-ring (bicyclic) bond motifs is 1. The number of amides is 1. The van der Waals surface area contributed by atoms with E-state index in [-0.39, 0.29) is 4.88 Å². The highest BCUT2D eigenvalue weighted by Gasteiger charge is 2.29. The Morgan fingerprint density at radius 3 is 2.80 bits per heavy atom. The molecule has 25 heavy (non-hydrogen) atoms. The summed E-state index contributed by atoms with van der Waals surface area (Å²) >= 11 is 7.22. The van der Waals surface area contributed by atoms with Gasteiger partial charge in [-0.1, -0.05) is 11.6 Å². The minimum Gasteiger partial charge on any atom is -0.397 e. The van der Waals surface area contributed by atoms with Crippen molar-refractivity contribution in [3.05, 3.63) is 28.4 Å². The number of nitrogens with zero attached hydrogens (tertiary/aromatic N) is 4. The van der Waals surface area contributed by atoms with E-state index >= 15 is 0 Å². The van der Waals surface area contributed by atoms with Crippen LogP contribution in [-0.4, -0.2) is 33.9 Å². The van der Waals surface area contributed by atoms with Crippen molar-refractivity contribution in [2.75, 3.05) is 17.7 Å². The van der Waals surface area contributed by atoms with Gasteiger partial charge in [-0.3, -0.25) is 4.79 Å². The lowest BCUT2D eigenvalue weighted by Gasteiger charge is -2.17. The minimum atomic E-state index is -0.573. The van der Waals surface area contributed by atoms with E-state index in [1.54, 1.807) is 18.3 Å². The standard InChI is InChI=1S/C16H15ClN6OS/c1-23(8-2-3-8)16-21-12(7-4-5-20-9(17)6-7)10-11(18)13(14(19)24)25-15(10)22-16/h4-6,8H,2-3,18H2,1H3,(H2,19,24). The van der Waals surface area contributed by atoms with Crippen molar-refractivity contribution in [2.45, 2.75) is 18.9 Å². The lowest BCUT2D eigenvalue weighted by atomic mass is 10.1. The summed E-state index contributed by atoms with van der Waals surface area (Å²) in [6.07, 6.45) is 3.84. The number of carbonyl (C=O) groups is 1. The summed E-state index contributed by atoms with van der Waals surface area (Å²) in [5, 5.41) is 0.972. The largest absolute Gasteiger partial charge is 0.397 e.